The molecule has 0 radical (unpaired) electrons. The molecule has 0 atom stereocenters. The summed E-state index contributed by atoms with van der Waals surface area (Å²) in [6.07, 6.45) is 2.22. The number of Topliss-reactive ketones (excluding diaryl/α,β-unsaturated/α-hetero) is 1. The topological polar surface area (TPSA) is 33.2 Å². The van der Waals surface area contributed by atoms with Crippen molar-refractivity contribution in [2.75, 3.05) is 11.4 Å². The van der Waals surface area contributed by atoms with E-state index in [-0.39, 0.29) is 5.78 Å². The van der Waals surface area contributed by atoms with E-state index in [2.05, 4.69) is 37.6 Å². The fraction of sp³-hybridized carbons (Fsp3) is 0.733. The number of rotatable bonds is 7. The lowest BCUT2D eigenvalue weighted by Crippen LogP contribution is -2.37. The number of aryl methyl sites for hydroxylation is 1. The summed E-state index contributed by atoms with van der Waals surface area (Å²) in [5.41, 5.74) is 0.868. The van der Waals surface area contributed by atoms with Crippen molar-refractivity contribution in [3.05, 3.63) is 10.6 Å². The Morgan fingerprint density at radius 3 is 2.26 bits per heavy atom. The SMILES string of the molecule is CCC(CC)N(CC(C)C)c1nc(C)c(C(C)=O)s1. The first-order valence-electron chi connectivity index (χ1n) is 7.15. The predicted octanol–water partition coefficient (Wildman–Crippen LogP) is 4.31. The summed E-state index contributed by atoms with van der Waals surface area (Å²) < 4.78 is 0. The Morgan fingerprint density at radius 2 is 1.89 bits per heavy atom. The molecular formula is C15H26N2OS. The number of ketones is 1. The van der Waals surface area contributed by atoms with E-state index in [4.69, 9.17) is 0 Å². The molecule has 0 saturated carbocycles. The standard InChI is InChI=1S/C15H26N2OS/c1-7-13(8-2)17(9-10(3)4)15-16-11(5)14(19-15)12(6)18/h10,13H,7-9H2,1-6H3. The van der Waals surface area contributed by atoms with Crippen LogP contribution in [0, 0.1) is 12.8 Å². The summed E-state index contributed by atoms with van der Waals surface area (Å²) >= 11 is 1.54. The minimum Gasteiger partial charge on any atom is -0.345 e. The maximum absolute atomic E-state index is 11.6. The highest BCUT2D eigenvalue weighted by molar-refractivity contribution is 7.17. The van der Waals surface area contributed by atoms with E-state index in [9.17, 15) is 4.79 Å². The van der Waals surface area contributed by atoms with Crippen LogP contribution in [0.3, 0.4) is 0 Å². The van der Waals surface area contributed by atoms with E-state index in [1.165, 1.54) is 0 Å². The van der Waals surface area contributed by atoms with Crippen LogP contribution in [0.1, 0.15) is 62.8 Å². The average molecular weight is 282 g/mol. The van der Waals surface area contributed by atoms with Gasteiger partial charge in [0, 0.05) is 19.5 Å². The molecule has 19 heavy (non-hydrogen) atoms. The molecule has 0 unspecified atom stereocenters. The van der Waals surface area contributed by atoms with Crippen LogP contribution < -0.4 is 4.90 Å². The van der Waals surface area contributed by atoms with Crippen molar-refractivity contribution in [1.82, 2.24) is 4.98 Å². The zero-order chi connectivity index (χ0) is 14.6. The lowest BCUT2D eigenvalue weighted by Gasteiger charge is -2.31. The maximum Gasteiger partial charge on any atom is 0.186 e. The fourth-order valence-electron chi connectivity index (χ4n) is 2.34. The number of carbonyl (C=O) groups is 1. The number of anilines is 1. The summed E-state index contributed by atoms with van der Waals surface area (Å²) in [4.78, 5) is 19.4. The Labute approximate surface area is 121 Å². The first-order chi connectivity index (χ1) is 8.90. The molecule has 1 aromatic heterocycles. The smallest absolute Gasteiger partial charge is 0.186 e. The zero-order valence-electron chi connectivity index (χ0n) is 13.0. The second-order valence-electron chi connectivity index (χ2n) is 5.48. The molecule has 4 heteroatoms. The highest BCUT2D eigenvalue weighted by Crippen LogP contribution is 2.30. The largest absolute Gasteiger partial charge is 0.345 e. The monoisotopic (exact) mass is 282 g/mol. The lowest BCUT2D eigenvalue weighted by atomic mass is 10.1. The Hall–Kier alpha value is -0.900. The highest BCUT2D eigenvalue weighted by Gasteiger charge is 2.22. The molecule has 0 aliphatic carbocycles. The maximum atomic E-state index is 11.6. The van der Waals surface area contributed by atoms with Gasteiger partial charge in [-0.25, -0.2) is 4.98 Å². The molecule has 1 heterocycles. The van der Waals surface area contributed by atoms with Gasteiger partial charge in [0.1, 0.15) is 0 Å². The molecule has 1 aromatic rings. The van der Waals surface area contributed by atoms with E-state index in [0.717, 1.165) is 35.1 Å². The molecule has 0 aliphatic rings. The van der Waals surface area contributed by atoms with Gasteiger partial charge in [0.15, 0.2) is 10.9 Å². The zero-order valence-corrected chi connectivity index (χ0v) is 13.8. The molecule has 108 valence electrons. The third kappa shape index (κ3) is 4.03. The molecule has 0 bridgehead atoms. The summed E-state index contributed by atoms with van der Waals surface area (Å²) in [6.45, 7) is 13.4. The minimum atomic E-state index is 0.121. The third-order valence-corrected chi connectivity index (χ3v) is 4.59. The Bertz CT molecular complexity index is 422. The van der Waals surface area contributed by atoms with Gasteiger partial charge in [0.2, 0.25) is 0 Å². The molecule has 0 spiro atoms. The molecule has 0 aromatic carbocycles. The van der Waals surface area contributed by atoms with Crippen LogP contribution in [0.5, 0.6) is 0 Å². The van der Waals surface area contributed by atoms with E-state index in [1.54, 1.807) is 18.3 Å². The van der Waals surface area contributed by atoms with Gasteiger partial charge in [0.25, 0.3) is 0 Å². The van der Waals surface area contributed by atoms with E-state index in [0.29, 0.717) is 12.0 Å². The predicted molar refractivity (Wildman–Crippen MR) is 83.4 cm³/mol. The second-order valence-corrected chi connectivity index (χ2v) is 6.46. The van der Waals surface area contributed by atoms with E-state index in [1.807, 2.05) is 6.92 Å². The number of hydrogen-bond acceptors (Lipinski definition) is 4. The summed E-state index contributed by atoms with van der Waals surface area (Å²) in [5.74, 6) is 0.709. The fourth-order valence-corrected chi connectivity index (χ4v) is 3.38. The summed E-state index contributed by atoms with van der Waals surface area (Å²) in [6, 6.07) is 0.507. The Morgan fingerprint density at radius 1 is 1.32 bits per heavy atom. The van der Waals surface area contributed by atoms with Crippen molar-refractivity contribution in [2.45, 2.75) is 60.4 Å². The first-order valence-corrected chi connectivity index (χ1v) is 7.97. The molecule has 0 amide bonds. The molecule has 0 fully saturated rings. The molecule has 1 rings (SSSR count). The molecule has 0 N–H and O–H groups in total. The van der Waals surface area contributed by atoms with Gasteiger partial charge < -0.3 is 4.90 Å². The average Bonchev–Trinajstić information content (AvgIpc) is 2.71. The van der Waals surface area contributed by atoms with Crippen LogP contribution in [0.2, 0.25) is 0 Å². The second kappa shape index (κ2) is 7.04. The third-order valence-electron chi connectivity index (χ3n) is 3.30. The number of carbonyl (C=O) groups excluding carboxylic acids is 1. The van der Waals surface area contributed by atoms with Crippen LogP contribution in [0.15, 0.2) is 0 Å². The van der Waals surface area contributed by atoms with Crippen LogP contribution in [0.25, 0.3) is 0 Å². The molecule has 0 aliphatic heterocycles. The Balaban J connectivity index is 3.09. The van der Waals surface area contributed by atoms with Crippen LogP contribution >= 0.6 is 11.3 Å². The normalized spacial score (nSPS) is 11.4. The number of thiazole rings is 1. The lowest BCUT2D eigenvalue weighted by molar-refractivity contribution is 0.102. The van der Waals surface area contributed by atoms with Crippen molar-refractivity contribution in [2.24, 2.45) is 5.92 Å². The van der Waals surface area contributed by atoms with Gasteiger partial charge in [-0.1, -0.05) is 39.0 Å². The molecular weight excluding hydrogens is 256 g/mol. The van der Waals surface area contributed by atoms with Gasteiger partial charge in [-0.15, -0.1) is 0 Å². The van der Waals surface area contributed by atoms with Crippen LogP contribution in [-0.4, -0.2) is 23.4 Å². The van der Waals surface area contributed by atoms with Crippen molar-refractivity contribution in [3.63, 3.8) is 0 Å². The molecule has 0 saturated heterocycles. The van der Waals surface area contributed by atoms with E-state index >= 15 is 0 Å². The number of hydrogen-bond donors (Lipinski definition) is 0. The Kier molecular flexibility index (Phi) is 5.98. The quantitative estimate of drug-likeness (QED) is 0.699. The van der Waals surface area contributed by atoms with Crippen molar-refractivity contribution >= 4 is 22.3 Å². The van der Waals surface area contributed by atoms with Crippen LogP contribution in [-0.2, 0) is 0 Å². The van der Waals surface area contributed by atoms with Crippen LogP contribution in [0.4, 0.5) is 5.13 Å². The van der Waals surface area contributed by atoms with Gasteiger partial charge >= 0.3 is 0 Å². The van der Waals surface area contributed by atoms with E-state index < -0.39 is 0 Å². The highest BCUT2D eigenvalue weighted by atomic mass is 32.1. The minimum absolute atomic E-state index is 0.121. The van der Waals surface area contributed by atoms with Gasteiger partial charge in [-0.05, 0) is 25.7 Å². The summed E-state index contributed by atoms with van der Waals surface area (Å²) in [5, 5.41) is 1.00. The van der Waals surface area contributed by atoms with Gasteiger partial charge in [-0.3, -0.25) is 4.79 Å². The number of nitrogens with zero attached hydrogens (tertiary/aromatic N) is 2. The van der Waals surface area contributed by atoms with Gasteiger partial charge in [0.05, 0.1) is 10.6 Å². The molecule has 3 nitrogen and oxygen atoms in total. The van der Waals surface area contributed by atoms with Crippen molar-refractivity contribution in [3.8, 4) is 0 Å². The first kappa shape index (κ1) is 16.2. The van der Waals surface area contributed by atoms with Crippen molar-refractivity contribution < 1.29 is 4.79 Å². The van der Waals surface area contributed by atoms with Crippen molar-refractivity contribution in [1.29, 1.82) is 0 Å². The number of aromatic nitrogens is 1. The summed E-state index contributed by atoms with van der Waals surface area (Å²) in [7, 11) is 0. The van der Waals surface area contributed by atoms with Gasteiger partial charge in [-0.2, -0.15) is 0 Å².